The predicted octanol–water partition coefficient (Wildman–Crippen LogP) is 3.56. The summed E-state index contributed by atoms with van der Waals surface area (Å²) in [4.78, 5) is 0. The molecule has 21 heavy (non-hydrogen) atoms. The number of nitrogens with one attached hydrogen (secondary N) is 1. The van der Waals surface area contributed by atoms with Gasteiger partial charge in [0.25, 0.3) is 0 Å². The van der Waals surface area contributed by atoms with Gasteiger partial charge in [0.05, 0.1) is 33.2 Å². The van der Waals surface area contributed by atoms with Gasteiger partial charge in [-0.25, -0.2) is 0 Å². The van der Waals surface area contributed by atoms with E-state index < -0.39 is 0 Å². The summed E-state index contributed by atoms with van der Waals surface area (Å²) >= 11 is 4.43. The van der Waals surface area contributed by atoms with Crippen molar-refractivity contribution in [1.29, 1.82) is 0 Å². The molecular formula is C14H14I2N4O. The Balaban J connectivity index is 0.000000225. The van der Waals surface area contributed by atoms with Crippen molar-refractivity contribution in [2.24, 2.45) is 0 Å². The van der Waals surface area contributed by atoms with Gasteiger partial charge in [0, 0.05) is 12.4 Å². The lowest BCUT2D eigenvalue weighted by atomic mass is 10.2. The van der Waals surface area contributed by atoms with E-state index in [0.29, 0.717) is 0 Å². The summed E-state index contributed by atoms with van der Waals surface area (Å²) in [6.45, 7) is 0.799. The second-order valence-electron chi connectivity index (χ2n) is 4.12. The molecule has 1 aromatic carbocycles. The number of H-pyrrole nitrogens is 1. The van der Waals surface area contributed by atoms with E-state index >= 15 is 0 Å². The number of hydrogen-bond acceptors (Lipinski definition) is 3. The van der Waals surface area contributed by atoms with E-state index in [-0.39, 0.29) is 0 Å². The summed E-state index contributed by atoms with van der Waals surface area (Å²) in [5.74, 6) is 0.883. The Kier molecular flexibility index (Phi) is 6.49. The molecule has 3 aromatic rings. The molecule has 3 rings (SSSR count). The third-order valence-corrected chi connectivity index (χ3v) is 3.72. The first-order chi connectivity index (χ1) is 10.2. The van der Waals surface area contributed by atoms with Crippen molar-refractivity contribution in [1.82, 2.24) is 20.0 Å². The van der Waals surface area contributed by atoms with Crippen molar-refractivity contribution in [2.45, 2.75) is 6.54 Å². The first kappa shape index (κ1) is 16.3. The zero-order valence-electron chi connectivity index (χ0n) is 11.3. The molecule has 0 aliphatic rings. The number of rotatable bonds is 3. The first-order valence-corrected chi connectivity index (χ1v) is 8.28. The van der Waals surface area contributed by atoms with E-state index in [2.05, 4.69) is 60.5 Å². The standard InChI is InChI=1S/C11H11IN2O.C3H3IN2/c1-15-11-4-2-9(3-5-11)7-14-8-10(12)6-13-14;4-3-1-5-6-2-3/h2-6,8H,7H2,1H3;1-2H,(H,5,6). The van der Waals surface area contributed by atoms with Crippen LogP contribution in [0, 0.1) is 7.14 Å². The van der Waals surface area contributed by atoms with Crippen LogP contribution in [0.3, 0.4) is 0 Å². The highest BCUT2D eigenvalue weighted by atomic mass is 127. The number of ether oxygens (including phenoxy) is 1. The number of methoxy groups -OCH3 is 1. The smallest absolute Gasteiger partial charge is 0.118 e. The fourth-order valence-electron chi connectivity index (χ4n) is 1.58. The molecule has 1 N–H and O–H groups in total. The van der Waals surface area contributed by atoms with Gasteiger partial charge in [-0.2, -0.15) is 10.2 Å². The normalized spacial score (nSPS) is 9.86. The van der Waals surface area contributed by atoms with Crippen LogP contribution in [0.1, 0.15) is 5.56 Å². The second-order valence-corrected chi connectivity index (χ2v) is 6.61. The van der Waals surface area contributed by atoms with Crippen LogP contribution in [0.25, 0.3) is 0 Å². The summed E-state index contributed by atoms with van der Waals surface area (Å²) in [7, 11) is 1.67. The highest BCUT2D eigenvalue weighted by Gasteiger charge is 1.97. The lowest BCUT2D eigenvalue weighted by Crippen LogP contribution is -1.99. The number of aromatic amines is 1. The van der Waals surface area contributed by atoms with Gasteiger partial charge >= 0.3 is 0 Å². The average molecular weight is 508 g/mol. The van der Waals surface area contributed by atoms with Crippen LogP contribution < -0.4 is 4.74 Å². The van der Waals surface area contributed by atoms with Gasteiger partial charge in [0.2, 0.25) is 0 Å². The minimum absolute atomic E-state index is 0.799. The maximum absolute atomic E-state index is 5.10. The van der Waals surface area contributed by atoms with Crippen molar-refractivity contribution in [3.8, 4) is 5.75 Å². The van der Waals surface area contributed by atoms with Crippen molar-refractivity contribution in [2.75, 3.05) is 7.11 Å². The van der Waals surface area contributed by atoms with Gasteiger partial charge < -0.3 is 4.74 Å². The molecule has 2 heterocycles. The molecule has 0 amide bonds. The van der Waals surface area contributed by atoms with E-state index in [1.54, 1.807) is 13.3 Å². The van der Waals surface area contributed by atoms with E-state index in [1.807, 2.05) is 47.5 Å². The van der Waals surface area contributed by atoms with Crippen LogP contribution in [-0.2, 0) is 6.54 Å². The molecule has 0 saturated heterocycles. The third kappa shape index (κ3) is 5.65. The van der Waals surface area contributed by atoms with E-state index in [0.717, 1.165) is 19.4 Å². The number of nitrogens with zero attached hydrogens (tertiary/aromatic N) is 3. The highest BCUT2D eigenvalue weighted by Crippen LogP contribution is 2.12. The summed E-state index contributed by atoms with van der Waals surface area (Å²) < 4.78 is 9.32. The van der Waals surface area contributed by atoms with E-state index in [4.69, 9.17) is 4.74 Å². The van der Waals surface area contributed by atoms with Crippen molar-refractivity contribution >= 4 is 45.2 Å². The van der Waals surface area contributed by atoms with Gasteiger partial charge in [-0.3, -0.25) is 9.78 Å². The molecule has 0 saturated carbocycles. The average Bonchev–Trinajstić information content (AvgIpc) is 3.12. The lowest BCUT2D eigenvalue weighted by Gasteiger charge is -2.03. The van der Waals surface area contributed by atoms with E-state index in [9.17, 15) is 0 Å². The number of halogens is 2. The van der Waals surface area contributed by atoms with Gasteiger partial charge in [0.15, 0.2) is 0 Å². The fraction of sp³-hybridized carbons (Fsp3) is 0.143. The zero-order chi connectivity index (χ0) is 15.1. The molecule has 0 aliphatic carbocycles. The minimum atomic E-state index is 0.799. The van der Waals surface area contributed by atoms with Crippen LogP contribution in [0.5, 0.6) is 5.75 Å². The Morgan fingerprint density at radius 2 is 1.90 bits per heavy atom. The molecule has 5 nitrogen and oxygen atoms in total. The second kappa shape index (κ2) is 8.37. The first-order valence-electron chi connectivity index (χ1n) is 6.12. The molecule has 0 aliphatic heterocycles. The summed E-state index contributed by atoms with van der Waals surface area (Å²) in [5, 5.41) is 10.6. The van der Waals surface area contributed by atoms with E-state index in [1.165, 1.54) is 5.56 Å². The molecule has 0 bridgehead atoms. The van der Waals surface area contributed by atoms with Crippen molar-refractivity contribution < 1.29 is 4.74 Å². The predicted molar refractivity (Wildman–Crippen MR) is 98.3 cm³/mol. The zero-order valence-corrected chi connectivity index (χ0v) is 15.6. The van der Waals surface area contributed by atoms with Gasteiger partial charge in [-0.15, -0.1) is 0 Å². The molecule has 0 unspecified atom stereocenters. The summed E-state index contributed by atoms with van der Waals surface area (Å²) in [6.07, 6.45) is 7.47. The Morgan fingerprint density at radius 3 is 2.33 bits per heavy atom. The Morgan fingerprint density at radius 1 is 1.14 bits per heavy atom. The molecule has 2 aromatic heterocycles. The van der Waals surface area contributed by atoms with Crippen LogP contribution in [-0.4, -0.2) is 27.1 Å². The molecule has 0 radical (unpaired) electrons. The Labute approximate surface area is 150 Å². The van der Waals surface area contributed by atoms with Crippen LogP contribution >= 0.6 is 45.2 Å². The maximum Gasteiger partial charge on any atom is 0.118 e. The molecule has 0 spiro atoms. The van der Waals surface area contributed by atoms with Crippen LogP contribution in [0.15, 0.2) is 49.1 Å². The third-order valence-electron chi connectivity index (χ3n) is 2.57. The Hall–Kier alpha value is -1.10. The van der Waals surface area contributed by atoms with Gasteiger partial charge in [-0.1, -0.05) is 12.1 Å². The largest absolute Gasteiger partial charge is 0.497 e. The Bertz CT molecular complexity index is 650. The minimum Gasteiger partial charge on any atom is -0.497 e. The molecule has 0 atom stereocenters. The topological polar surface area (TPSA) is 55.7 Å². The van der Waals surface area contributed by atoms with Gasteiger partial charge in [-0.05, 0) is 62.9 Å². The number of benzene rings is 1. The molecule has 110 valence electrons. The molecule has 0 fully saturated rings. The SMILES string of the molecule is COc1ccc(Cn2cc(I)cn2)cc1.Ic1cn[nH]c1. The van der Waals surface area contributed by atoms with Crippen LogP contribution in [0.2, 0.25) is 0 Å². The maximum atomic E-state index is 5.10. The van der Waals surface area contributed by atoms with Gasteiger partial charge in [0.1, 0.15) is 5.75 Å². The quantitative estimate of drug-likeness (QED) is 0.551. The van der Waals surface area contributed by atoms with Crippen LogP contribution in [0.4, 0.5) is 0 Å². The number of hydrogen-bond donors (Lipinski definition) is 1. The number of aromatic nitrogens is 4. The molecule has 7 heteroatoms. The van der Waals surface area contributed by atoms with Crippen molar-refractivity contribution in [3.05, 3.63) is 61.8 Å². The van der Waals surface area contributed by atoms with Crippen molar-refractivity contribution in [3.63, 3.8) is 0 Å². The fourth-order valence-corrected chi connectivity index (χ4v) is 2.30. The lowest BCUT2D eigenvalue weighted by molar-refractivity contribution is 0.414. The monoisotopic (exact) mass is 508 g/mol. The summed E-state index contributed by atoms with van der Waals surface area (Å²) in [6, 6.07) is 8.02. The molecular weight excluding hydrogens is 494 g/mol. The highest BCUT2D eigenvalue weighted by molar-refractivity contribution is 14.1. The summed E-state index contributed by atoms with van der Waals surface area (Å²) in [5.41, 5.74) is 1.22.